The molecular formula is C13H25N3S. The second kappa shape index (κ2) is 8.61. The van der Waals surface area contributed by atoms with Crippen LogP contribution in [0.2, 0.25) is 0 Å². The average Bonchev–Trinajstić information content (AvgIpc) is 2.80. The zero-order chi connectivity index (χ0) is 12.5. The Bertz CT molecular complexity index is 272. The molecule has 0 aliphatic rings. The molecule has 17 heavy (non-hydrogen) atoms. The van der Waals surface area contributed by atoms with E-state index in [9.17, 15) is 0 Å². The van der Waals surface area contributed by atoms with Crippen molar-refractivity contribution in [1.29, 1.82) is 0 Å². The van der Waals surface area contributed by atoms with Gasteiger partial charge in [-0.1, -0.05) is 20.8 Å². The fraction of sp³-hybridized carbons (Fsp3) is 0.769. The van der Waals surface area contributed by atoms with E-state index in [1.165, 1.54) is 17.8 Å². The number of hydrogen-bond donors (Lipinski definition) is 2. The molecule has 0 saturated heterocycles. The van der Waals surface area contributed by atoms with Gasteiger partial charge in [0.1, 0.15) is 0 Å². The molecule has 4 heteroatoms. The lowest BCUT2D eigenvalue weighted by atomic mass is 10.2. The first-order valence-electron chi connectivity index (χ1n) is 6.53. The topological polar surface area (TPSA) is 37.0 Å². The van der Waals surface area contributed by atoms with Crippen molar-refractivity contribution in [2.24, 2.45) is 0 Å². The van der Waals surface area contributed by atoms with Gasteiger partial charge in [-0.3, -0.25) is 0 Å². The Kier molecular flexibility index (Phi) is 7.40. The Hall–Kier alpha value is -0.450. The van der Waals surface area contributed by atoms with E-state index < -0.39 is 0 Å². The van der Waals surface area contributed by atoms with Crippen molar-refractivity contribution >= 4 is 11.3 Å². The highest BCUT2D eigenvalue weighted by Crippen LogP contribution is 2.16. The summed E-state index contributed by atoms with van der Waals surface area (Å²) in [6, 6.07) is 0.605. The Morgan fingerprint density at radius 3 is 2.65 bits per heavy atom. The fourth-order valence-electron chi connectivity index (χ4n) is 1.65. The molecule has 0 aromatic carbocycles. The standard InChI is InChI=1S/C13H25N3S/c1-11(2)15-7-5-4-6-14-10-12(3)13-16-8-9-17-13/h8-9,11-12,14-15H,4-7,10H2,1-3H3. The van der Waals surface area contributed by atoms with Crippen molar-refractivity contribution < 1.29 is 0 Å². The Balaban J connectivity index is 1.94. The quantitative estimate of drug-likeness (QED) is 0.666. The van der Waals surface area contributed by atoms with Crippen LogP contribution < -0.4 is 10.6 Å². The van der Waals surface area contributed by atoms with Crippen molar-refractivity contribution in [3.05, 3.63) is 16.6 Å². The molecule has 0 aliphatic carbocycles. The molecule has 1 aromatic heterocycles. The predicted octanol–water partition coefficient (Wildman–Crippen LogP) is 2.61. The molecule has 0 fully saturated rings. The molecule has 0 saturated carbocycles. The highest BCUT2D eigenvalue weighted by molar-refractivity contribution is 7.09. The van der Waals surface area contributed by atoms with Crippen LogP contribution in [0, 0.1) is 0 Å². The maximum Gasteiger partial charge on any atom is 0.0965 e. The molecule has 98 valence electrons. The third-order valence-electron chi connectivity index (χ3n) is 2.66. The molecule has 0 amide bonds. The highest BCUT2D eigenvalue weighted by Gasteiger charge is 2.06. The predicted molar refractivity (Wildman–Crippen MR) is 75.8 cm³/mol. The number of rotatable bonds is 9. The van der Waals surface area contributed by atoms with E-state index in [0.29, 0.717) is 12.0 Å². The zero-order valence-corrected chi connectivity index (χ0v) is 12.0. The van der Waals surface area contributed by atoms with Crippen LogP contribution in [0.4, 0.5) is 0 Å². The largest absolute Gasteiger partial charge is 0.316 e. The van der Waals surface area contributed by atoms with Crippen LogP contribution in [0.5, 0.6) is 0 Å². The lowest BCUT2D eigenvalue weighted by molar-refractivity contribution is 0.532. The summed E-state index contributed by atoms with van der Waals surface area (Å²) < 4.78 is 0. The maximum absolute atomic E-state index is 4.33. The molecule has 1 unspecified atom stereocenters. The van der Waals surface area contributed by atoms with E-state index in [4.69, 9.17) is 0 Å². The minimum absolute atomic E-state index is 0.531. The highest BCUT2D eigenvalue weighted by atomic mass is 32.1. The van der Waals surface area contributed by atoms with Gasteiger partial charge in [0.2, 0.25) is 0 Å². The molecule has 2 N–H and O–H groups in total. The second-order valence-corrected chi connectivity index (χ2v) is 5.72. The summed E-state index contributed by atoms with van der Waals surface area (Å²) >= 11 is 1.75. The zero-order valence-electron chi connectivity index (χ0n) is 11.2. The molecule has 1 aromatic rings. The van der Waals surface area contributed by atoms with Crippen LogP contribution in [0.15, 0.2) is 11.6 Å². The minimum Gasteiger partial charge on any atom is -0.316 e. The van der Waals surface area contributed by atoms with Crippen LogP contribution in [-0.4, -0.2) is 30.7 Å². The van der Waals surface area contributed by atoms with Gasteiger partial charge >= 0.3 is 0 Å². The van der Waals surface area contributed by atoms with Crippen molar-refractivity contribution in [3.8, 4) is 0 Å². The number of hydrogen-bond acceptors (Lipinski definition) is 4. The molecule has 0 bridgehead atoms. The van der Waals surface area contributed by atoms with E-state index in [-0.39, 0.29) is 0 Å². The van der Waals surface area contributed by atoms with Crippen molar-refractivity contribution in [2.75, 3.05) is 19.6 Å². The fourth-order valence-corrected chi connectivity index (χ4v) is 2.35. The van der Waals surface area contributed by atoms with Gasteiger partial charge in [-0.2, -0.15) is 0 Å². The molecular weight excluding hydrogens is 230 g/mol. The van der Waals surface area contributed by atoms with Gasteiger partial charge in [-0.05, 0) is 25.9 Å². The maximum atomic E-state index is 4.33. The number of thiazole rings is 1. The Morgan fingerprint density at radius 2 is 2.00 bits per heavy atom. The Morgan fingerprint density at radius 1 is 1.24 bits per heavy atom. The number of nitrogens with zero attached hydrogens (tertiary/aromatic N) is 1. The summed E-state index contributed by atoms with van der Waals surface area (Å²) in [5.74, 6) is 0.531. The van der Waals surface area contributed by atoms with Gasteiger partial charge in [0.15, 0.2) is 0 Å². The summed E-state index contributed by atoms with van der Waals surface area (Å²) in [4.78, 5) is 4.33. The number of unbranched alkanes of at least 4 members (excludes halogenated alkanes) is 1. The van der Waals surface area contributed by atoms with E-state index in [1.54, 1.807) is 11.3 Å². The molecule has 1 atom stereocenters. The molecule has 3 nitrogen and oxygen atoms in total. The summed E-state index contributed by atoms with van der Waals surface area (Å²) in [5.41, 5.74) is 0. The first-order valence-corrected chi connectivity index (χ1v) is 7.41. The van der Waals surface area contributed by atoms with Crippen LogP contribution in [-0.2, 0) is 0 Å². The average molecular weight is 255 g/mol. The first-order chi connectivity index (χ1) is 8.20. The SMILES string of the molecule is CC(C)NCCCCNCC(C)c1nccs1. The third kappa shape index (κ3) is 6.76. The van der Waals surface area contributed by atoms with E-state index in [0.717, 1.165) is 19.6 Å². The van der Waals surface area contributed by atoms with Crippen molar-refractivity contribution in [3.63, 3.8) is 0 Å². The van der Waals surface area contributed by atoms with Crippen LogP contribution in [0.3, 0.4) is 0 Å². The van der Waals surface area contributed by atoms with Crippen molar-refractivity contribution in [2.45, 2.75) is 45.6 Å². The summed E-state index contributed by atoms with van der Waals surface area (Å²) in [7, 11) is 0. The lowest BCUT2D eigenvalue weighted by Crippen LogP contribution is -2.25. The summed E-state index contributed by atoms with van der Waals surface area (Å²) in [6.45, 7) is 9.87. The molecule has 1 heterocycles. The molecule has 0 aliphatic heterocycles. The smallest absolute Gasteiger partial charge is 0.0965 e. The van der Waals surface area contributed by atoms with E-state index in [2.05, 4.69) is 36.4 Å². The van der Waals surface area contributed by atoms with Gasteiger partial charge in [-0.25, -0.2) is 4.98 Å². The Labute approximate surface area is 109 Å². The van der Waals surface area contributed by atoms with Gasteiger partial charge in [0.25, 0.3) is 0 Å². The van der Waals surface area contributed by atoms with Gasteiger partial charge in [0.05, 0.1) is 5.01 Å². The monoisotopic (exact) mass is 255 g/mol. The third-order valence-corrected chi connectivity index (χ3v) is 3.66. The summed E-state index contributed by atoms with van der Waals surface area (Å²) in [5, 5.41) is 10.2. The second-order valence-electron chi connectivity index (χ2n) is 4.79. The summed E-state index contributed by atoms with van der Waals surface area (Å²) in [6.07, 6.45) is 4.37. The van der Waals surface area contributed by atoms with Crippen LogP contribution in [0.25, 0.3) is 0 Å². The van der Waals surface area contributed by atoms with E-state index >= 15 is 0 Å². The van der Waals surface area contributed by atoms with Gasteiger partial charge < -0.3 is 10.6 Å². The normalized spacial score (nSPS) is 13.2. The van der Waals surface area contributed by atoms with Crippen LogP contribution in [0.1, 0.15) is 44.5 Å². The number of nitrogens with one attached hydrogen (secondary N) is 2. The lowest BCUT2D eigenvalue weighted by Gasteiger charge is -2.10. The van der Waals surface area contributed by atoms with Gasteiger partial charge in [0, 0.05) is 30.1 Å². The number of aromatic nitrogens is 1. The molecule has 0 radical (unpaired) electrons. The van der Waals surface area contributed by atoms with Crippen molar-refractivity contribution in [1.82, 2.24) is 15.6 Å². The van der Waals surface area contributed by atoms with E-state index in [1.807, 2.05) is 11.6 Å². The molecule has 0 spiro atoms. The van der Waals surface area contributed by atoms with Gasteiger partial charge in [-0.15, -0.1) is 11.3 Å². The minimum atomic E-state index is 0.531. The first kappa shape index (κ1) is 14.6. The van der Waals surface area contributed by atoms with Crippen LogP contribution >= 0.6 is 11.3 Å². The molecule has 1 rings (SSSR count).